The lowest BCUT2D eigenvalue weighted by atomic mass is 10.3. The van der Waals surface area contributed by atoms with E-state index in [1.807, 2.05) is 0 Å². The first-order valence-electron chi connectivity index (χ1n) is 4.10. The molecular formula is C9H14O4. The molecule has 0 atom stereocenters. The Hall–Kier alpha value is -1.32. The highest BCUT2D eigenvalue weighted by molar-refractivity contribution is 5.81. The van der Waals surface area contributed by atoms with E-state index >= 15 is 0 Å². The summed E-state index contributed by atoms with van der Waals surface area (Å²) in [5.74, 6) is -0.666. The molecule has 4 nitrogen and oxygen atoms in total. The number of esters is 2. The number of carbonyl (C=O) groups is 2. The molecule has 0 aromatic rings. The molecule has 0 aliphatic carbocycles. The molecule has 0 saturated heterocycles. The van der Waals surface area contributed by atoms with Gasteiger partial charge in [0.1, 0.15) is 0 Å². The van der Waals surface area contributed by atoms with E-state index < -0.39 is 0 Å². The SMILES string of the molecule is CCOC(=O)/C=C/CCC(=O)OC. The fourth-order valence-electron chi connectivity index (χ4n) is 0.673. The van der Waals surface area contributed by atoms with Gasteiger partial charge < -0.3 is 9.47 Å². The lowest BCUT2D eigenvalue weighted by molar-refractivity contribution is -0.140. The average molecular weight is 186 g/mol. The van der Waals surface area contributed by atoms with Crippen molar-refractivity contribution in [2.75, 3.05) is 13.7 Å². The van der Waals surface area contributed by atoms with Gasteiger partial charge in [0.15, 0.2) is 0 Å². The fraction of sp³-hybridized carbons (Fsp3) is 0.556. The predicted octanol–water partition coefficient (Wildman–Crippen LogP) is 1.06. The second-order valence-electron chi connectivity index (χ2n) is 2.27. The molecule has 0 aliphatic rings. The van der Waals surface area contributed by atoms with Crippen molar-refractivity contribution in [1.29, 1.82) is 0 Å². The summed E-state index contributed by atoms with van der Waals surface area (Å²) >= 11 is 0. The van der Waals surface area contributed by atoms with Crippen LogP contribution in [-0.2, 0) is 19.1 Å². The monoisotopic (exact) mass is 186 g/mol. The van der Waals surface area contributed by atoms with Gasteiger partial charge in [0, 0.05) is 12.5 Å². The maximum atomic E-state index is 10.7. The smallest absolute Gasteiger partial charge is 0.330 e. The highest BCUT2D eigenvalue weighted by Crippen LogP contribution is 1.93. The normalized spacial score (nSPS) is 10.0. The Morgan fingerprint density at radius 2 is 2.08 bits per heavy atom. The summed E-state index contributed by atoms with van der Waals surface area (Å²) in [7, 11) is 1.33. The van der Waals surface area contributed by atoms with E-state index in [1.54, 1.807) is 13.0 Å². The third-order valence-electron chi connectivity index (χ3n) is 1.28. The number of hydrogen-bond acceptors (Lipinski definition) is 4. The van der Waals surface area contributed by atoms with E-state index in [-0.39, 0.29) is 18.4 Å². The second-order valence-corrected chi connectivity index (χ2v) is 2.27. The third kappa shape index (κ3) is 7.05. The van der Waals surface area contributed by atoms with Gasteiger partial charge >= 0.3 is 11.9 Å². The van der Waals surface area contributed by atoms with Crippen molar-refractivity contribution >= 4 is 11.9 Å². The molecule has 0 unspecified atom stereocenters. The Bertz CT molecular complexity index is 196. The summed E-state index contributed by atoms with van der Waals surface area (Å²) in [4.78, 5) is 21.3. The van der Waals surface area contributed by atoms with Crippen LogP contribution in [0.4, 0.5) is 0 Å². The molecule has 0 fully saturated rings. The van der Waals surface area contributed by atoms with Crippen molar-refractivity contribution in [2.24, 2.45) is 0 Å². The predicted molar refractivity (Wildman–Crippen MR) is 47.0 cm³/mol. The highest BCUT2D eigenvalue weighted by Gasteiger charge is 1.97. The van der Waals surface area contributed by atoms with Crippen LogP contribution in [0, 0.1) is 0 Å². The number of ether oxygens (including phenoxy) is 2. The van der Waals surface area contributed by atoms with Gasteiger partial charge in [-0.25, -0.2) is 4.79 Å². The van der Waals surface area contributed by atoms with Gasteiger partial charge in [-0.05, 0) is 13.3 Å². The van der Waals surface area contributed by atoms with E-state index in [0.29, 0.717) is 13.0 Å². The molecule has 0 rings (SSSR count). The molecule has 74 valence electrons. The summed E-state index contributed by atoms with van der Waals surface area (Å²) in [6.07, 6.45) is 3.68. The second kappa shape index (κ2) is 7.34. The standard InChI is InChI=1S/C9H14O4/c1-3-13-9(11)7-5-4-6-8(10)12-2/h5,7H,3-4,6H2,1-2H3/b7-5+. The molecular weight excluding hydrogens is 172 g/mol. The van der Waals surface area contributed by atoms with Gasteiger partial charge in [-0.2, -0.15) is 0 Å². The van der Waals surface area contributed by atoms with Crippen molar-refractivity contribution in [3.05, 3.63) is 12.2 Å². The van der Waals surface area contributed by atoms with Gasteiger partial charge in [-0.3, -0.25) is 4.79 Å². The van der Waals surface area contributed by atoms with E-state index in [9.17, 15) is 9.59 Å². The molecule has 0 amide bonds. The van der Waals surface area contributed by atoms with Gasteiger partial charge in [-0.1, -0.05) is 6.08 Å². The molecule has 0 spiro atoms. The number of methoxy groups -OCH3 is 1. The van der Waals surface area contributed by atoms with Crippen molar-refractivity contribution in [1.82, 2.24) is 0 Å². The van der Waals surface area contributed by atoms with Crippen LogP contribution < -0.4 is 0 Å². The molecule has 0 bridgehead atoms. The highest BCUT2D eigenvalue weighted by atomic mass is 16.5. The van der Waals surface area contributed by atoms with Crippen LogP contribution in [0.2, 0.25) is 0 Å². The Kier molecular flexibility index (Phi) is 6.59. The molecule has 13 heavy (non-hydrogen) atoms. The molecule has 0 saturated carbocycles. The molecule has 4 heteroatoms. The zero-order valence-corrected chi connectivity index (χ0v) is 7.91. The van der Waals surface area contributed by atoms with Gasteiger partial charge in [0.25, 0.3) is 0 Å². The van der Waals surface area contributed by atoms with Crippen LogP contribution in [-0.4, -0.2) is 25.7 Å². The largest absolute Gasteiger partial charge is 0.469 e. The first-order valence-corrected chi connectivity index (χ1v) is 4.10. The number of allylic oxidation sites excluding steroid dienone is 1. The van der Waals surface area contributed by atoms with E-state index in [0.717, 1.165) is 0 Å². The Morgan fingerprint density at radius 3 is 2.62 bits per heavy atom. The van der Waals surface area contributed by atoms with Crippen LogP contribution in [0.15, 0.2) is 12.2 Å². The van der Waals surface area contributed by atoms with E-state index in [4.69, 9.17) is 0 Å². The van der Waals surface area contributed by atoms with E-state index in [1.165, 1.54) is 13.2 Å². The molecule has 0 N–H and O–H groups in total. The Labute approximate surface area is 77.5 Å². The first-order chi connectivity index (χ1) is 6.20. The van der Waals surface area contributed by atoms with Crippen LogP contribution in [0.1, 0.15) is 19.8 Å². The van der Waals surface area contributed by atoms with Crippen molar-refractivity contribution in [3.8, 4) is 0 Å². The summed E-state index contributed by atoms with van der Waals surface area (Å²) in [6, 6.07) is 0. The number of carbonyl (C=O) groups excluding carboxylic acids is 2. The summed E-state index contributed by atoms with van der Waals surface area (Å²) in [6.45, 7) is 2.10. The number of hydrogen-bond donors (Lipinski definition) is 0. The van der Waals surface area contributed by atoms with Crippen LogP contribution in [0.25, 0.3) is 0 Å². The molecule has 0 radical (unpaired) electrons. The minimum atomic E-state index is -0.382. The summed E-state index contributed by atoms with van der Waals surface area (Å²) in [5.41, 5.74) is 0. The third-order valence-corrected chi connectivity index (χ3v) is 1.28. The molecule has 0 heterocycles. The lowest BCUT2D eigenvalue weighted by Gasteiger charge is -1.95. The molecule has 0 aromatic carbocycles. The molecule has 0 aliphatic heterocycles. The number of rotatable bonds is 5. The minimum Gasteiger partial charge on any atom is -0.469 e. The van der Waals surface area contributed by atoms with Crippen LogP contribution in [0.3, 0.4) is 0 Å². The van der Waals surface area contributed by atoms with Crippen LogP contribution in [0.5, 0.6) is 0 Å². The zero-order valence-electron chi connectivity index (χ0n) is 7.91. The topological polar surface area (TPSA) is 52.6 Å². The molecule has 0 aromatic heterocycles. The van der Waals surface area contributed by atoms with Gasteiger partial charge in [-0.15, -0.1) is 0 Å². The van der Waals surface area contributed by atoms with Crippen molar-refractivity contribution < 1.29 is 19.1 Å². The van der Waals surface area contributed by atoms with Crippen molar-refractivity contribution in [3.63, 3.8) is 0 Å². The Morgan fingerprint density at radius 1 is 1.38 bits per heavy atom. The van der Waals surface area contributed by atoms with Crippen molar-refractivity contribution in [2.45, 2.75) is 19.8 Å². The summed E-state index contributed by atoms with van der Waals surface area (Å²) in [5, 5.41) is 0. The zero-order chi connectivity index (χ0) is 10.1. The minimum absolute atomic E-state index is 0.284. The average Bonchev–Trinajstić information content (AvgIpc) is 2.12. The Balaban J connectivity index is 3.51. The van der Waals surface area contributed by atoms with Gasteiger partial charge in [0.2, 0.25) is 0 Å². The maximum Gasteiger partial charge on any atom is 0.330 e. The fourth-order valence-corrected chi connectivity index (χ4v) is 0.673. The summed E-state index contributed by atoms with van der Waals surface area (Å²) < 4.78 is 9.05. The quantitative estimate of drug-likeness (QED) is 0.476. The lowest BCUT2D eigenvalue weighted by Crippen LogP contribution is -2.00. The van der Waals surface area contributed by atoms with E-state index in [2.05, 4.69) is 9.47 Å². The van der Waals surface area contributed by atoms with Gasteiger partial charge in [0.05, 0.1) is 13.7 Å². The first kappa shape index (κ1) is 11.7. The maximum absolute atomic E-state index is 10.7. The van der Waals surface area contributed by atoms with Crippen LogP contribution >= 0.6 is 0 Å².